The molecule has 0 radical (unpaired) electrons. The molecule has 6 heterocycles. The third-order valence-corrected chi connectivity index (χ3v) is 13.7. The van der Waals surface area contributed by atoms with E-state index in [2.05, 4.69) is 27.6 Å². The molecule has 352 valence electrons. The number of nitrogens with zero attached hydrogens (tertiary/aromatic N) is 6. The van der Waals surface area contributed by atoms with E-state index in [1.165, 1.54) is 45.9 Å². The Labute approximate surface area is 384 Å². The number of rotatable bonds is 11. The Bertz CT molecular complexity index is 2580. The maximum absolute atomic E-state index is 16.5. The fourth-order valence-corrected chi connectivity index (χ4v) is 10.2. The summed E-state index contributed by atoms with van der Waals surface area (Å²) < 4.78 is 48.2. The normalized spacial score (nSPS) is 22.4. The number of carboxylic acid groups (broad SMARTS) is 1. The molecule has 2 unspecified atom stereocenters. The number of carboxylic acids is 1. The molecule has 15 nitrogen and oxygen atoms in total. The molecular weight excluding hydrogens is 848 g/mol. The first-order valence-corrected chi connectivity index (χ1v) is 23.6. The molecule has 3 aromatic heterocycles. The number of halogens is 1. The lowest BCUT2D eigenvalue weighted by Crippen LogP contribution is -2.32. The second-order valence-corrected chi connectivity index (χ2v) is 19.2. The fraction of sp³-hybridized carbons (Fsp3) is 0.560. The van der Waals surface area contributed by atoms with Crippen LogP contribution in [0.3, 0.4) is 0 Å². The minimum absolute atomic E-state index is 0.0458. The van der Waals surface area contributed by atoms with Crippen molar-refractivity contribution < 1.29 is 47.9 Å². The lowest BCUT2D eigenvalue weighted by atomic mass is 9.88. The molecule has 3 saturated heterocycles. The van der Waals surface area contributed by atoms with Crippen LogP contribution in [0.2, 0.25) is 0 Å². The zero-order chi connectivity index (χ0) is 46.3. The van der Waals surface area contributed by atoms with Crippen molar-refractivity contribution >= 4 is 39.6 Å². The van der Waals surface area contributed by atoms with Gasteiger partial charge in [0, 0.05) is 92.5 Å². The van der Waals surface area contributed by atoms with Crippen molar-refractivity contribution in [2.24, 2.45) is 11.8 Å². The first kappa shape index (κ1) is 45.7. The number of carbonyl (C=O) groups excluding carboxylic acids is 1. The summed E-state index contributed by atoms with van der Waals surface area (Å²) >= 11 is 0. The molecule has 16 heteroatoms. The van der Waals surface area contributed by atoms with E-state index in [1.807, 2.05) is 17.8 Å². The zero-order valence-electron chi connectivity index (χ0n) is 38.6. The van der Waals surface area contributed by atoms with Crippen molar-refractivity contribution in [2.75, 3.05) is 31.3 Å². The van der Waals surface area contributed by atoms with Gasteiger partial charge in [0.1, 0.15) is 35.6 Å². The summed E-state index contributed by atoms with van der Waals surface area (Å²) in [6.07, 6.45) is 14.0. The van der Waals surface area contributed by atoms with Gasteiger partial charge in [-0.05, 0) is 92.9 Å². The molecule has 2 N–H and O–H groups in total. The number of pyridine rings is 1. The number of aromatic carboxylic acids is 1. The maximum Gasteiger partial charge on any atom is 0.354 e. The fourth-order valence-electron chi connectivity index (χ4n) is 10.2. The van der Waals surface area contributed by atoms with Gasteiger partial charge in [-0.3, -0.25) is 4.79 Å². The second kappa shape index (κ2) is 19.0. The van der Waals surface area contributed by atoms with Crippen LogP contribution >= 0.6 is 0 Å². The summed E-state index contributed by atoms with van der Waals surface area (Å²) in [6.45, 7) is 11.1. The van der Waals surface area contributed by atoms with E-state index in [-0.39, 0.29) is 36.4 Å². The molecule has 5 fully saturated rings. The number of esters is 1. The summed E-state index contributed by atoms with van der Waals surface area (Å²) in [5.74, 6) is -0.404. The number of aromatic nitrogens is 5. The van der Waals surface area contributed by atoms with Gasteiger partial charge in [-0.25, -0.2) is 18.9 Å². The molecule has 4 atom stereocenters. The molecule has 0 amide bonds. The van der Waals surface area contributed by atoms with Crippen LogP contribution in [0.25, 0.3) is 32.9 Å². The number of hydrogen-bond acceptors (Lipinski definition) is 13. The lowest BCUT2D eigenvalue weighted by Gasteiger charge is -2.30. The van der Waals surface area contributed by atoms with Crippen LogP contribution in [-0.4, -0.2) is 91.2 Å². The Balaban J connectivity index is 0.000000629. The summed E-state index contributed by atoms with van der Waals surface area (Å²) in [6, 6.07) is 7.70. The lowest BCUT2D eigenvalue weighted by molar-refractivity contribution is -0.192. The van der Waals surface area contributed by atoms with Crippen LogP contribution in [0.15, 0.2) is 36.7 Å². The van der Waals surface area contributed by atoms with Crippen molar-refractivity contribution in [3.8, 4) is 22.9 Å². The highest BCUT2D eigenvalue weighted by molar-refractivity contribution is 6.06. The quantitative estimate of drug-likeness (QED) is 0.0946. The van der Waals surface area contributed by atoms with Gasteiger partial charge >= 0.3 is 17.9 Å². The number of fused-ring (bicyclic) bond motifs is 4. The molecule has 66 heavy (non-hydrogen) atoms. The minimum Gasteiger partial charge on any atom is -0.486 e. The summed E-state index contributed by atoms with van der Waals surface area (Å²) in [4.78, 5) is 38.9. The summed E-state index contributed by atoms with van der Waals surface area (Å²) in [7, 11) is 0. The third-order valence-electron chi connectivity index (χ3n) is 13.7. The Morgan fingerprint density at radius 1 is 0.955 bits per heavy atom. The van der Waals surface area contributed by atoms with E-state index in [0.717, 1.165) is 97.6 Å². The number of anilines is 1. The number of ether oxygens (including phenoxy) is 5. The smallest absolute Gasteiger partial charge is 0.354 e. The van der Waals surface area contributed by atoms with E-state index in [1.54, 1.807) is 12.1 Å². The van der Waals surface area contributed by atoms with Gasteiger partial charge in [-0.1, -0.05) is 25.8 Å². The highest BCUT2D eigenvalue weighted by Gasteiger charge is 2.40. The summed E-state index contributed by atoms with van der Waals surface area (Å²) in [5.41, 5.74) is 5.02. The van der Waals surface area contributed by atoms with Gasteiger partial charge in [0.05, 0.1) is 24.9 Å². The van der Waals surface area contributed by atoms with Gasteiger partial charge in [-0.15, -0.1) is 0 Å². The predicted molar refractivity (Wildman–Crippen MR) is 244 cm³/mol. The van der Waals surface area contributed by atoms with Gasteiger partial charge in [0.15, 0.2) is 12.0 Å². The Morgan fingerprint density at radius 2 is 1.76 bits per heavy atom. The Morgan fingerprint density at radius 3 is 2.42 bits per heavy atom. The van der Waals surface area contributed by atoms with Crippen LogP contribution in [-0.2, 0) is 25.6 Å². The van der Waals surface area contributed by atoms with E-state index in [0.29, 0.717) is 71.6 Å². The SMILES string of the molecule is CC(=O)OC(C)(C)O.Cc1c(F)cc2c(cnn2C2CCCCO2)c1-c1c(C2CC2)cc2c(N3C[C@@H]4C[C@H]3CCCC4C)nc(OC3CCOCC3)nc2c1OCc1ccc(C(=O)O)nc1. The highest BCUT2D eigenvalue weighted by Crippen LogP contribution is 2.54. The van der Waals surface area contributed by atoms with E-state index < -0.39 is 17.7 Å². The zero-order valence-corrected chi connectivity index (χ0v) is 38.6. The average molecular weight is 909 g/mol. The van der Waals surface area contributed by atoms with Crippen LogP contribution in [0.4, 0.5) is 10.2 Å². The van der Waals surface area contributed by atoms with Crippen molar-refractivity contribution in [1.82, 2.24) is 24.7 Å². The molecule has 2 bridgehead atoms. The standard InChI is InChI=1S/C45H51FN6O6.C5H10O3/c1-25-6-5-7-30-18-29(25)23-51(30)43-33-19-32(28-10-11-28)40(39-26(2)35(46)20-37-34(39)22-48-52(37)38-8-3-4-15-56-38)42(57-24-27-9-12-36(44(53)54)47-21-27)41(33)49-45(50-43)58-31-13-16-55-17-14-31;1-4(6)8-5(2,3)7/h9,12,19-22,25,28-31,38H,3-8,10-11,13-18,23-24H2,1-2H3,(H,53,54);7H,1-3H3/t25?,29-,30+,38?;/m0./s1. The molecule has 0 spiro atoms. The topological polar surface area (TPSA) is 180 Å². The van der Waals surface area contributed by atoms with Gasteiger partial charge < -0.3 is 38.8 Å². The molecule has 5 aliphatic rings. The molecule has 2 saturated carbocycles. The third kappa shape index (κ3) is 9.82. The van der Waals surface area contributed by atoms with Crippen molar-refractivity contribution in [3.63, 3.8) is 0 Å². The average Bonchev–Trinajstić information content (AvgIpc) is 3.96. The van der Waals surface area contributed by atoms with Crippen LogP contribution in [0.5, 0.6) is 11.8 Å². The highest BCUT2D eigenvalue weighted by atomic mass is 19.1. The maximum atomic E-state index is 16.5. The summed E-state index contributed by atoms with van der Waals surface area (Å²) in [5, 5.41) is 24.8. The molecule has 3 aliphatic heterocycles. The second-order valence-electron chi connectivity index (χ2n) is 19.2. The predicted octanol–water partition coefficient (Wildman–Crippen LogP) is 9.19. The Hall–Kier alpha value is -5.45. The van der Waals surface area contributed by atoms with E-state index >= 15 is 4.39 Å². The number of aliphatic hydroxyl groups is 1. The van der Waals surface area contributed by atoms with Crippen molar-refractivity contribution in [2.45, 2.75) is 142 Å². The minimum atomic E-state index is -1.33. The van der Waals surface area contributed by atoms with E-state index in [9.17, 15) is 14.7 Å². The number of carbonyl (C=O) groups is 2. The Kier molecular flexibility index (Phi) is 13.2. The molecular formula is C50H61FN6O9. The van der Waals surface area contributed by atoms with Gasteiger partial charge in [0.2, 0.25) is 5.79 Å². The largest absolute Gasteiger partial charge is 0.486 e. The molecule has 10 rings (SSSR count). The van der Waals surface area contributed by atoms with Crippen LogP contribution in [0.1, 0.15) is 138 Å². The van der Waals surface area contributed by atoms with Crippen LogP contribution < -0.4 is 14.4 Å². The molecule has 5 aromatic rings. The number of benzene rings is 2. The molecule has 2 aromatic carbocycles. The number of hydrogen-bond donors (Lipinski definition) is 2. The van der Waals surface area contributed by atoms with Gasteiger partial charge in [0.25, 0.3) is 0 Å². The first-order chi connectivity index (χ1) is 31.7. The van der Waals surface area contributed by atoms with E-state index in [4.69, 9.17) is 39.1 Å². The van der Waals surface area contributed by atoms with Crippen molar-refractivity contribution in [3.05, 3.63) is 64.9 Å². The monoisotopic (exact) mass is 908 g/mol. The first-order valence-electron chi connectivity index (χ1n) is 23.6. The van der Waals surface area contributed by atoms with Crippen LogP contribution in [0, 0.1) is 24.6 Å². The van der Waals surface area contributed by atoms with Gasteiger partial charge in [-0.2, -0.15) is 15.1 Å². The molecule has 2 aliphatic carbocycles. The van der Waals surface area contributed by atoms with Crippen molar-refractivity contribution in [1.29, 1.82) is 0 Å².